The van der Waals surface area contributed by atoms with Crippen molar-refractivity contribution in [2.24, 2.45) is 5.92 Å². The second-order valence-corrected chi connectivity index (χ2v) is 12.2. The number of H-pyrrole nitrogens is 1. The minimum Gasteiger partial charge on any atom is -0.464 e. The molecule has 0 unspecified atom stereocenters. The van der Waals surface area contributed by atoms with Gasteiger partial charge in [0, 0.05) is 11.8 Å². The lowest BCUT2D eigenvalue weighted by Crippen LogP contribution is -2.40. The van der Waals surface area contributed by atoms with Crippen LogP contribution in [0.3, 0.4) is 0 Å². The number of nitrogens with one attached hydrogen (secondary N) is 2. The van der Waals surface area contributed by atoms with Gasteiger partial charge >= 0.3 is 19.4 Å². The predicted molar refractivity (Wildman–Crippen MR) is 161 cm³/mol. The van der Waals surface area contributed by atoms with Gasteiger partial charge in [0.2, 0.25) is 5.82 Å². The van der Waals surface area contributed by atoms with Crippen LogP contribution < -0.4 is 20.9 Å². The fraction of sp³-hybridized carbons (Fsp3) is 0.433. The summed E-state index contributed by atoms with van der Waals surface area (Å²) in [6, 6.07) is 11.2. The summed E-state index contributed by atoms with van der Waals surface area (Å²) in [7, 11) is -4.47. The molecular weight excluding hydrogens is 596 g/mol. The first-order valence-corrected chi connectivity index (χ1v) is 15.9. The number of benzene rings is 2. The highest BCUT2D eigenvalue weighted by Gasteiger charge is 2.44. The first-order valence-electron chi connectivity index (χ1n) is 14.4. The monoisotopic (exact) mass is 633 g/mol. The number of aromatic amines is 1. The van der Waals surface area contributed by atoms with Gasteiger partial charge in [0.1, 0.15) is 30.2 Å². The SMILES string of the molecule is C=C[C@@H](O[P@](=O)(N[C@@H](C)C(=O)OCC(CC)CC)Oc1cccc2ccccc12)[C@H]1O[C@@H](n2cc(F)c(=O)[nH]c2=O)C[C@@H]1O. The van der Waals surface area contributed by atoms with Crippen LogP contribution in [0.4, 0.5) is 4.39 Å². The van der Waals surface area contributed by atoms with Crippen LogP contribution in [0.2, 0.25) is 0 Å². The first-order chi connectivity index (χ1) is 21.0. The molecule has 1 aromatic heterocycles. The summed E-state index contributed by atoms with van der Waals surface area (Å²) in [6.45, 7) is 9.35. The normalized spacial score (nSPS) is 21.1. The molecule has 0 saturated carbocycles. The average molecular weight is 634 g/mol. The largest absolute Gasteiger partial charge is 0.464 e. The number of hydrogen-bond donors (Lipinski definition) is 3. The van der Waals surface area contributed by atoms with Crippen molar-refractivity contribution in [2.45, 2.75) is 70.6 Å². The van der Waals surface area contributed by atoms with Crippen LogP contribution in [-0.2, 0) is 23.4 Å². The molecule has 0 spiro atoms. The van der Waals surface area contributed by atoms with Crippen LogP contribution in [0.25, 0.3) is 10.8 Å². The zero-order valence-electron chi connectivity index (χ0n) is 24.7. The maximum Gasteiger partial charge on any atom is 0.460 e. The number of carbonyl (C=O) groups excluding carboxylic acids is 1. The summed E-state index contributed by atoms with van der Waals surface area (Å²) < 4.78 is 52.3. The molecule has 2 aromatic carbocycles. The van der Waals surface area contributed by atoms with Gasteiger partial charge in [0.15, 0.2) is 0 Å². The smallest absolute Gasteiger partial charge is 0.460 e. The topological polar surface area (TPSA) is 158 Å². The highest BCUT2D eigenvalue weighted by Crippen LogP contribution is 2.49. The third kappa shape index (κ3) is 7.72. The Labute approximate surface area is 253 Å². The molecule has 1 saturated heterocycles. The van der Waals surface area contributed by atoms with Crippen LogP contribution in [0.15, 0.2) is 70.9 Å². The Balaban J connectivity index is 1.61. The van der Waals surface area contributed by atoms with E-state index in [9.17, 15) is 28.4 Å². The molecule has 6 atom stereocenters. The van der Waals surface area contributed by atoms with Crippen molar-refractivity contribution in [3.05, 3.63) is 88.0 Å². The molecule has 1 fully saturated rings. The minimum absolute atomic E-state index is 0.170. The standard InChI is InChI=1S/C30H37FN3O9P/c1-5-19(6-2)17-40-29(37)18(4)33-44(39,43-25-14-10-12-20-11-8-9-13-21(20)25)42-24(7-3)27-23(35)15-26(41-27)34-16-22(31)28(36)32-30(34)38/h7-14,16,18-19,23-24,26-27,35H,3,5-6,15,17H2,1-2,4H3,(H,33,39)(H,32,36,38)/t18-,23-,24+,26+,27-,44+/m0/s1. The van der Waals surface area contributed by atoms with E-state index in [1.54, 1.807) is 24.3 Å². The molecule has 0 aliphatic carbocycles. The van der Waals surface area contributed by atoms with Crippen LogP contribution >= 0.6 is 7.75 Å². The lowest BCUT2D eigenvalue weighted by Gasteiger charge is -2.29. The van der Waals surface area contributed by atoms with Crippen LogP contribution in [-0.4, -0.2) is 51.6 Å². The number of halogens is 1. The Bertz CT molecular complexity index is 1630. The third-order valence-corrected chi connectivity index (χ3v) is 9.14. The van der Waals surface area contributed by atoms with E-state index in [1.807, 2.05) is 37.0 Å². The van der Waals surface area contributed by atoms with Gasteiger partial charge in [-0.15, -0.1) is 6.58 Å². The number of aromatic nitrogens is 2. The second-order valence-electron chi connectivity index (χ2n) is 10.5. The van der Waals surface area contributed by atoms with Crippen molar-refractivity contribution in [1.82, 2.24) is 14.6 Å². The van der Waals surface area contributed by atoms with Crippen LogP contribution in [0, 0.1) is 11.7 Å². The molecule has 3 N–H and O–H groups in total. The van der Waals surface area contributed by atoms with E-state index in [0.717, 1.165) is 22.8 Å². The molecule has 0 radical (unpaired) electrons. The zero-order chi connectivity index (χ0) is 32.0. The van der Waals surface area contributed by atoms with Crippen LogP contribution in [0.1, 0.15) is 46.3 Å². The van der Waals surface area contributed by atoms with Crippen molar-refractivity contribution >= 4 is 24.5 Å². The Morgan fingerprint density at radius 1 is 1.25 bits per heavy atom. The summed E-state index contributed by atoms with van der Waals surface area (Å²) in [5.41, 5.74) is -2.14. The summed E-state index contributed by atoms with van der Waals surface area (Å²) in [5, 5.41) is 14.9. The van der Waals surface area contributed by atoms with Crippen molar-refractivity contribution in [3.8, 4) is 5.75 Å². The van der Waals surface area contributed by atoms with Gasteiger partial charge in [-0.1, -0.05) is 69.2 Å². The number of nitrogens with zero attached hydrogens (tertiary/aromatic N) is 1. The van der Waals surface area contributed by atoms with Crippen molar-refractivity contribution in [1.29, 1.82) is 0 Å². The molecule has 1 aliphatic rings. The number of carbonyl (C=O) groups is 1. The second kappa shape index (κ2) is 14.4. The lowest BCUT2D eigenvalue weighted by molar-refractivity contribution is -0.146. The highest BCUT2D eigenvalue weighted by molar-refractivity contribution is 7.52. The van der Waals surface area contributed by atoms with E-state index < -0.39 is 61.4 Å². The Hall–Kier alpha value is -3.61. The summed E-state index contributed by atoms with van der Waals surface area (Å²) in [6.07, 6.45) is -1.68. The van der Waals surface area contributed by atoms with Crippen molar-refractivity contribution in [2.75, 3.05) is 6.61 Å². The van der Waals surface area contributed by atoms with E-state index in [-0.39, 0.29) is 24.7 Å². The van der Waals surface area contributed by atoms with E-state index in [4.69, 9.17) is 18.5 Å². The first kappa shape index (κ1) is 33.3. The summed E-state index contributed by atoms with van der Waals surface area (Å²) in [5.74, 6) is -1.52. The lowest BCUT2D eigenvalue weighted by atomic mass is 10.1. The fourth-order valence-corrected chi connectivity index (χ4v) is 6.52. The van der Waals surface area contributed by atoms with E-state index in [1.165, 1.54) is 13.0 Å². The number of esters is 1. The van der Waals surface area contributed by atoms with Gasteiger partial charge in [-0.05, 0) is 24.3 Å². The average Bonchev–Trinajstić information content (AvgIpc) is 3.39. The number of aliphatic hydroxyl groups excluding tert-OH is 1. The molecule has 0 bridgehead atoms. The van der Waals surface area contributed by atoms with Crippen molar-refractivity contribution in [3.63, 3.8) is 0 Å². The molecule has 238 valence electrons. The van der Waals surface area contributed by atoms with Crippen LogP contribution in [0.5, 0.6) is 5.75 Å². The van der Waals surface area contributed by atoms with E-state index >= 15 is 0 Å². The van der Waals surface area contributed by atoms with Gasteiger partial charge in [-0.25, -0.2) is 9.36 Å². The number of hydrogen-bond acceptors (Lipinski definition) is 9. The van der Waals surface area contributed by atoms with Crippen molar-refractivity contribution < 1.29 is 37.4 Å². The fourth-order valence-electron chi connectivity index (χ4n) is 4.84. The predicted octanol–water partition coefficient (Wildman–Crippen LogP) is 4.19. The van der Waals surface area contributed by atoms with Gasteiger partial charge in [0.05, 0.1) is 18.9 Å². The maximum atomic E-state index is 14.4. The highest BCUT2D eigenvalue weighted by atomic mass is 31.2. The Morgan fingerprint density at radius 2 is 1.95 bits per heavy atom. The quantitative estimate of drug-likeness (QED) is 0.134. The maximum absolute atomic E-state index is 14.4. The number of rotatable bonds is 14. The number of ether oxygens (including phenoxy) is 2. The molecule has 1 aliphatic heterocycles. The molecule has 2 heterocycles. The number of fused-ring (bicyclic) bond motifs is 1. The van der Waals surface area contributed by atoms with Gasteiger partial charge in [-0.2, -0.15) is 9.48 Å². The molecular formula is C30H37FN3O9P. The minimum atomic E-state index is -4.47. The molecule has 4 rings (SSSR count). The van der Waals surface area contributed by atoms with E-state index in [0.29, 0.717) is 11.6 Å². The number of aliphatic hydroxyl groups is 1. The zero-order valence-corrected chi connectivity index (χ0v) is 25.6. The molecule has 14 heteroatoms. The summed E-state index contributed by atoms with van der Waals surface area (Å²) in [4.78, 5) is 38.5. The van der Waals surface area contributed by atoms with Gasteiger partial charge in [-0.3, -0.25) is 23.7 Å². The third-order valence-electron chi connectivity index (χ3n) is 7.48. The van der Waals surface area contributed by atoms with E-state index in [2.05, 4.69) is 11.7 Å². The molecule has 44 heavy (non-hydrogen) atoms. The van der Waals surface area contributed by atoms with Gasteiger partial charge in [0.25, 0.3) is 5.56 Å². The summed E-state index contributed by atoms with van der Waals surface area (Å²) >= 11 is 0. The Morgan fingerprint density at radius 3 is 2.66 bits per heavy atom. The molecule has 12 nitrogen and oxygen atoms in total. The van der Waals surface area contributed by atoms with Gasteiger partial charge < -0.3 is 19.1 Å². The Kier molecular flexibility index (Phi) is 10.9. The molecule has 3 aromatic rings. The molecule has 0 amide bonds.